The minimum Gasteiger partial charge on any atom is -0.487 e. The molecule has 0 N–H and O–H groups in total. The fraction of sp³-hybridized carbons (Fsp3) is 0.667. The number of ether oxygens (including phenoxy) is 1. The van der Waals surface area contributed by atoms with Crippen LogP contribution in [-0.2, 0) is 0 Å². The van der Waals surface area contributed by atoms with Crippen molar-refractivity contribution in [3.63, 3.8) is 0 Å². The Hall–Kier alpha value is -1.03. The number of pyridine rings is 1. The lowest BCUT2D eigenvalue weighted by Crippen LogP contribution is -2.54. The van der Waals surface area contributed by atoms with Crippen molar-refractivity contribution < 1.29 is 9.13 Å². The molecule has 0 saturated carbocycles. The molecule has 0 spiro atoms. The second-order valence-corrected chi connectivity index (χ2v) is 6.57. The SMILES string of the molecule is Cc1c(Cl)cnc2c1OCC1CC(C(C)C)C(F)CN21. The van der Waals surface area contributed by atoms with E-state index in [1.165, 1.54) is 0 Å². The molecule has 3 nitrogen and oxygen atoms in total. The number of rotatable bonds is 1. The first-order chi connectivity index (χ1) is 9.49. The lowest BCUT2D eigenvalue weighted by Gasteiger charge is -2.46. The molecule has 5 heteroatoms. The van der Waals surface area contributed by atoms with Gasteiger partial charge in [-0.25, -0.2) is 9.37 Å². The van der Waals surface area contributed by atoms with E-state index < -0.39 is 6.17 Å². The summed E-state index contributed by atoms with van der Waals surface area (Å²) in [4.78, 5) is 6.43. The number of nitrogens with zero attached hydrogens (tertiary/aromatic N) is 2. The van der Waals surface area contributed by atoms with Crippen LogP contribution in [0.4, 0.5) is 10.2 Å². The van der Waals surface area contributed by atoms with E-state index in [-0.39, 0.29) is 12.0 Å². The number of fused-ring (bicyclic) bond motifs is 3. The van der Waals surface area contributed by atoms with Gasteiger partial charge in [0.1, 0.15) is 12.8 Å². The molecule has 1 saturated heterocycles. The molecule has 3 unspecified atom stereocenters. The molecule has 0 aliphatic carbocycles. The van der Waals surface area contributed by atoms with Gasteiger partial charge in [0.2, 0.25) is 0 Å². The van der Waals surface area contributed by atoms with Gasteiger partial charge in [-0.3, -0.25) is 0 Å². The van der Waals surface area contributed by atoms with Gasteiger partial charge >= 0.3 is 0 Å². The smallest absolute Gasteiger partial charge is 0.172 e. The molecule has 0 radical (unpaired) electrons. The average Bonchev–Trinajstić information content (AvgIpc) is 2.41. The van der Waals surface area contributed by atoms with Gasteiger partial charge < -0.3 is 9.64 Å². The first-order valence-corrected chi connectivity index (χ1v) is 7.55. The van der Waals surface area contributed by atoms with Crippen molar-refractivity contribution in [1.82, 2.24) is 4.98 Å². The largest absolute Gasteiger partial charge is 0.487 e. The van der Waals surface area contributed by atoms with Gasteiger partial charge in [-0.1, -0.05) is 25.4 Å². The van der Waals surface area contributed by atoms with E-state index in [4.69, 9.17) is 16.3 Å². The molecule has 2 aliphatic rings. The highest BCUT2D eigenvalue weighted by Crippen LogP contribution is 2.42. The van der Waals surface area contributed by atoms with Gasteiger partial charge in [0.05, 0.1) is 17.6 Å². The first-order valence-electron chi connectivity index (χ1n) is 7.17. The summed E-state index contributed by atoms with van der Waals surface area (Å²) in [6, 6.07) is 0.218. The van der Waals surface area contributed by atoms with Crippen LogP contribution in [-0.4, -0.2) is 30.3 Å². The number of alkyl halides is 1. The van der Waals surface area contributed by atoms with Gasteiger partial charge in [-0.2, -0.15) is 0 Å². The Morgan fingerprint density at radius 2 is 2.25 bits per heavy atom. The van der Waals surface area contributed by atoms with E-state index in [1.54, 1.807) is 6.20 Å². The van der Waals surface area contributed by atoms with Gasteiger partial charge in [-0.05, 0) is 25.2 Å². The molecule has 3 atom stereocenters. The Balaban J connectivity index is 1.93. The summed E-state index contributed by atoms with van der Waals surface area (Å²) in [6.07, 6.45) is 1.64. The summed E-state index contributed by atoms with van der Waals surface area (Å²) in [5, 5.41) is 0.594. The Labute approximate surface area is 124 Å². The third kappa shape index (κ3) is 2.14. The molecular weight excluding hydrogens is 279 g/mol. The van der Waals surface area contributed by atoms with Crippen molar-refractivity contribution in [3.8, 4) is 5.75 Å². The van der Waals surface area contributed by atoms with E-state index in [1.807, 2.05) is 6.92 Å². The Morgan fingerprint density at radius 1 is 1.50 bits per heavy atom. The molecule has 0 bridgehead atoms. The van der Waals surface area contributed by atoms with Crippen LogP contribution in [0.15, 0.2) is 6.20 Å². The van der Waals surface area contributed by atoms with Gasteiger partial charge in [0.25, 0.3) is 0 Å². The second kappa shape index (κ2) is 5.06. The number of aromatic nitrogens is 1. The summed E-state index contributed by atoms with van der Waals surface area (Å²) < 4.78 is 20.3. The summed E-state index contributed by atoms with van der Waals surface area (Å²) in [7, 11) is 0. The van der Waals surface area contributed by atoms with Gasteiger partial charge in [0, 0.05) is 11.8 Å². The third-order valence-corrected chi connectivity index (χ3v) is 4.95. The molecule has 3 heterocycles. The second-order valence-electron chi connectivity index (χ2n) is 6.16. The molecule has 110 valence electrons. The topological polar surface area (TPSA) is 25.4 Å². The van der Waals surface area contributed by atoms with E-state index in [0.29, 0.717) is 29.8 Å². The van der Waals surface area contributed by atoms with E-state index in [0.717, 1.165) is 17.8 Å². The van der Waals surface area contributed by atoms with Crippen LogP contribution in [0, 0.1) is 18.8 Å². The molecule has 3 rings (SSSR count). The summed E-state index contributed by atoms with van der Waals surface area (Å²) in [5.41, 5.74) is 0.886. The monoisotopic (exact) mass is 298 g/mol. The maximum Gasteiger partial charge on any atom is 0.172 e. The van der Waals surface area contributed by atoms with Crippen molar-refractivity contribution >= 4 is 17.4 Å². The van der Waals surface area contributed by atoms with Crippen LogP contribution in [0.2, 0.25) is 5.02 Å². The number of piperidine rings is 1. The van der Waals surface area contributed by atoms with Gasteiger partial charge in [0.15, 0.2) is 11.6 Å². The molecule has 0 aromatic carbocycles. The minimum atomic E-state index is -0.810. The molecule has 1 aromatic heterocycles. The highest BCUT2D eigenvalue weighted by Gasteiger charge is 2.41. The van der Waals surface area contributed by atoms with E-state index >= 15 is 0 Å². The lowest BCUT2D eigenvalue weighted by molar-refractivity contribution is 0.108. The maximum atomic E-state index is 14.4. The predicted molar refractivity (Wildman–Crippen MR) is 78.5 cm³/mol. The van der Waals surface area contributed by atoms with Crippen LogP contribution in [0.3, 0.4) is 0 Å². The average molecular weight is 299 g/mol. The van der Waals surface area contributed by atoms with Crippen molar-refractivity contribution in [1.29, 1.82) is 0 Å². The van der Waals surface area contributed by atoms with Crippen LogP contribution < -0.4 is 9.64 Å². The van der Waals surface area contributed by atoms with Crippen molar-refractivity contribution in [2.75, 3.05) is 18.1 Å². The molecule has 2 aliphatic heterocycles. The quantitative estimate of drug-likeness (QED) is 0.792. The summed E-state index contributed by atoms with van der Waals surface area (Å²) >= 11 is 6.08. The number of hydrogen-bond donors (Lipinski definition) is 0. The predicted octanol–water partition coefficient (Wildman–Crippen LogP) is 3.62. The number of anilines is 1. The number of hydrogen-bond acceptors (Lipinski definition) is 3. The zero-order chi connectivity index (χ0) is 14.4. The molecule has 1 aromatic rings. The minimum absolute atomic E-state index is 0.106. The fourth-order valence-corrected chi connectivity index (χ4v) is 3.41. The molecular formula is C15H20ClFN2O. The third-order valence-electron chi connectivity index (χ3n) is 4.57. The van der Waals surface area contributed by atoms with Gasteiger partial charge in [-0.15, -0.1) is 0 Å². The fourth-order valence-electron chi connectivity index (χ4n) is 3.28. The summed E-state index contributed by atoms with van der Waals surface area (Å²) in [5.74, 6) is 1.92. The number of halogens is 2. The van der Waals surface area contributed by atoms with E-state index in [2.05, 4.69) is 23.7 Å². The normalized spacial score (nSPS) is 28.9. The van der Waals surface area contributed by atoms with Crippen LogP contribution >= 0.6 is 11.6 Å². The lowest BCUT2D eigenvalue weighted by atomic mass is 9.81. The van der Waals surface area contributed by atoms with E-state index in [9.17, 15) is 4.39 Å². The molecule has 0 amide bonds. The zero-order valence-corrected chi connectivity index (χ0v) is 12.8. The highest BCUT2D eigenvalue weighted by molar-refractivity contribution is 6.31. The van der Waals surface area contributed by atoms with Crippen molar-refractivity contribution in [2.24, 2.45) is 11.8 Å². The van der Waals surface area contributed by atoms with Crippen LogP contribution in [0.25, 0.3) is 0 Å². The van der Waals surface area contributed by atoms with Crippen LogP contribution in [0.1, 0.15) is 25.8 Å². The molecule has 1 fully saturated rings. The zero-order valence-electron chi connectivity index (χ0n) is 12.1. The Bertz CT molecular complexity index is 523. The van der Waals surface area contributed by atoms with Crippen LogP contribution in [0.5, 0.6) is 5.75 Å². The summed E-state index contributed by atoms with van der Waals surface area (Å²) in [6.45, 7) is 7.08. The standard InChI is InChI=1S/C15H20ClFN2O/c1-8(2)11-4-10-7-20-14-9(3)12(16)5-18-15(14)19(10)6-13(11)17/h5,8,10-11,13H,4,6-7H2,1-3H3. The maximum absolute atomic E-state index is 14.4. The van der Waals surface area contributed by atoms with Crippen molar-refractivity contribution in [2.45, 2.75) is 39.4 Å². The Morgan fingerprint density at radius 3 is 2.95 bits per heavy atom. The first kappa shape index (κ1) is 13.9. The Kier molecular flexibility index (Phi) is 3.53. The molecule has 20 heavy (non-hydrogen) atoms. The van der Waals surface area contributed by atoms with Crippen molar-refractivity contribution in [3.05, 3.63) is 16.8 Å². The highest BCUT2D eigenvalue weighted by atomic mass is 35.5.